The first-order valence-corrected chi connectivity index (χ1v) is 30.7. The Labute approximate surface area is 510 Å². The Hall–Kier alpha value is -2.04. The van der Waals surface area contributed by atoms with Crippen molar-refractivity contribution in [2.45, 2.75) is 102 Å². The van der Waals surface area contributed by atoms with Gasteiger partial charge in [-0.15, -0.1) is 0 Å². The van der Waals surface area contributed by atoms with Gasteiger partial charge >= 0.3 is 88.7 Å². The first kappa shape index (κ1) is 63.8. The van der Waals surface area contributed by atoms with Crippen LogP contribution in [0.25, 0.3) is 55.6 Å². The Morgan fingerprint density at radius 1 is 0.307 bits per heavy atom. The molecule has 6 aromatic carbocycles. The second-order valence-electron chi connectivity index (χ2n) is 19.8. The van der Waals surface area contributed by atoms with Gasteiger partial charge in [0.1, 0.15) is 0 Å². The molecule has 12 nitrogen and oxygen atoms in total. The molecule has 0 aromatic heterocycles. The molecule has 0 unspecified atom stereocenters. The minimum Gasteiger partial charge on any atom is -0.748 e. The Bertz CT molecular complexity index is 3380. The van der Waals surface area contributed by atoms with E-state index in [1.165, 1.54) is 0 Å². The van der Waals surface area contributed by atoms with E-state index in [-0.39, 0.29) is 114 Å². The molecule has 0 N–H and O–H groups in total. The maximum Gasteiger partial charge on any atom is 1.00 e. The molecule has 2 aliphatic rings. The molecule has 6 aromatic rings. The molecular formula is C56H58Na3O12S4-. The average molecular weight is 1120 g/mol. The Kier molecular flexibility index (Phi) is 22.1. The van der Waals surface area contributed by atoms with Crippen molar-refractivity contribution in [3.63, 3.8) is 0 Å². The SMILES string of the molecule is Cc1ccc(-c2ccc3c(c2)C(CCCCS(=O)(=O)[O-])(CCCCS(=O)(=O)[O-])c2cc(-c4ccc(-c5ccc6c(c5)C(CCCCS(=O)(=O)[O-])(CCCCS(=O)(=O)[O-])c5cc(C)ccc5-6)cc4)ccc2-3)cc1.[Na+].[Na+].[Na+]. The minimum absolute atomic E-state index is 0. The third-order valence-corrected chi connectivity index (χ3v) is 18.0. The molecular weight excluding hydrogens is 1060 g/mol. The van der Waals surface area contributed by atoms with Crippen LogP contribution in [0.5, 0.6) is 0 Å². The second-order valence-corrected chi connectivity index (χ2v) is 25.9. The number of unbranched alkanes of at least 4 members (excludes halogenated alkanes) is 4. The second kappa shape index (κ2) is 26.0. The summed E-state index contributed by atoms with van der Waals surface area (Å²) in [6.45, 7) is 4.01. The van der Waals surface area contributed by atoms with Crippen LogP contribution in [0.4, 0.5) is 0 Å². The molecule has 0 spiro atoms. The average Bonchev–Trinajstić information content (AvgIpc) is 3.73. The van der Waals surface area contributed by atoms with Crippen molar-refractivity contribution in [2.75, 3.05) is 23.0 Å². The fourth-order valence-corrected chi connectivity index (χ4v) is 13.6. The zero-order chi connectivity index (χ0) is 51.7. The van der Waals surface area contributed by atoms with Gasteiger partial charge < -0.3 is 18.2 Å². The molecule has 0 bridgehead atoms. The summed E-state index contributed by atoms with van der Waals surface area (Å²) in [6.07, 6.45) is 4.28. The van der Waals surface area contributed by atoms with Crippen LogP contribution >= 0.6 is 0 Å². The van der Waals surface area contributed by atoms with E-state index >= 15 is 0 Å². The van der Waals surface area contributed by atoms with Crippen LogP contribution in [0, 0.1) is 13.8 Å². The van der Waals surface area contributed by atoms with E-state index in [9.17, 15) is 51.9 Å². The monoisotopic (exact) mass is 1120 g/mol. The van der Waals surface area contributed by atoms with Crippen molar-refractivity contribution in [1.29, 1.82) is 0 Å². The zero-order valence-electron chi connectivity index (χ0n) is 43.4. The maximum atomic E-state index is 11.7. The summed E-state index contributed by atoms with van der Waals surface area (Å²) >= 11 is 0. The summed E-state index contributed by atoms with van der Waals surface area (Å²) in [5.74, 6) is -1.99. The zero-order valence-corrected chi connectivity index (χ0v) is 52.7. The number of aryl methyl sites for hydroxylation is 2. The fourth-order valence-electron chi connectivity index (χ4n) is 11.4. The third-order valence-electron chi connectivity index (χ3n) is 14.8. The predicted molar refractivity (Wildman–Crippen MR) is 278 cm³/mol. The van der Waals surface area contributed by atoms with E-state index in [1.807, 2.05) is 56.3 Å². The third kappa shape index (κ3) is 15.7. The normalized spacial score (nSPS) is 14.1. The Morgan fingerprint density at radius 3 is 0.813 bits per heavy atom. The van der Waals surface area contributed by atoms with Crippen LogP contribution in [0.2, 0.25) is 0 Å². The number of rotatable bonds is 23. The van der Waals surface area contributed by atoms with E-state index in [1.54, 1.807) is 0 Å². The van der Waals surface area contributed by atoms with Crippen LogP contribution in [0.1, 0.15) is 110 Å². The van der Waals surface area contributed by atoms with E-state index < -0.39 is 74.3 Å². The van der Waals surface area contributed by atoms with Gasteiger partial charge in [0.15, 0.2) is 0 Å². The molecule has 0 amide bonds. The van der Waals surface area contributed by atoms with Gasteiger partial charge in [-0.25, -0.2) is 33.7 Å². The van der Waals surface area contributed by atoms with Crippen molar-refractivity contribution >= 4 is 40.5 Å². The van der Waals surface area contributed by atoms with Gasteiger partial charge in [-0.3, -0.25) is 0 Å². The van der Waals surface area contributed by atoms with Crippen molar-refractivity contribution < 1.29 is 141 Å². The van der Waals surface area contributed by atoms with Crippen molar-refractivity contribution in [1.82, 2.24) is 0 Å². The first-order valence-electron chi connectivity index (χ1n) is 24.4. The van der Waals surface area contributed by atoms with Crippen molar-refractivity contribution in [3.8, 4) is 55.6 Å². The summed E-state index contributed by atoms with van der Waals surface area (Å²) in [7, 11) is -17.8. The molecule has 75 heavy (non-hydrogen) atoms. The van der Waals surface area contributed by atoms with Crippen molar-refractivity contribution in [3.05, 3.63) is 155 Å². The number of fused-ring (bicyclic) bond motifs is 6. The van der Waals surface area contributed by atoms with Crippen molar-refractivity contribution in [2.24, 2.45) is 0 Å². The Balaban J connectivity index is 0.00000347. The molecule has 0 saturated carbocycles. The van der Waals surface area contributed by atoms with Crippen LogP contribution < -0.4 is 88.7 Å². The van der Waals surface area contributed by atoms with Gasteiger partial charge in [0.2, 0.25) is 0 Å². The molecule has 19 heteroatoms. The van der Waals surface area contributed by atoms with E-state index in [4.69, 9.17) is 0 Å². The van der Waals surface area contributed by atoms with Gasteiger partial charge in [0.05, 0.1) is 40.5 Å². The number of benzene rings is 6. The van der Waals surface area contributed by atoms with E-state index in [0.29, 0.717) is 51.4 Å². The van der Waals surface area contributed by atoms with Gasteiger partial charge in [0, 0.05) is 33.8 Å². The molecule has 0 fully saturated rings. The van der Waals surface area contributed by atoms with Crippen LogP contribution in [0.15, 0.2) is 121 Å². The minimum atomic E-state index is -4.46. The fraction of sp³-hybridized carbons (Fsp3) is 0.357. The van der Waals surface area contributed by atoms with Gasteiger partial charge in [-0.2, -0.15) is 0 Å². The smallest absolute Gasteiger partial charge is 0.748 e. The summed E-state index contributed by atoms with van der Waals surface area (Å²) in [4.78, 5) is 0. The topological polar surface area (TPSA) is 229 Å². The van der Waals surface area contributed by atoms with Gasteiger partial charge in [0.25, 0.3) is 0 Å². The van der Waals surface area contributed by atoms with E-state index in [0.717, 1.165) is 89.0 Å². The number of hydrogen-bond donors (Lipinski definition) is 0. The van der Waals surface area contributed by atoms with Crippen LogP contribution in [-0.4, -0.2) is 74.9 Å². The molecule has 0 atom stereocenters. The summed E-state index contributed by atoms with van der Waals surface area (Å²) < 4.78 is 140. The van der Waals surface area contributed by atoms with Crippen LogP contribution in [0.3, 0.4) is 0 Å². The molecule has 8 rings (SSSR count). The summed E-state index contributed by atoms with van der Waals surface area (Å²) in [5.41, 5.74) is 14.6. The standard InChI is InChI=1S/C56H62O12S4.3Na/c1-39-11-14-41(15-12-39)44-20-25-49-50-26-22-46(38-54(50)56(53(49)36-44,29-5-9-33-71(63,64)65)30-6-10-34-72(66,67)68)43-18-16-42(17-19-43)45-21-24-48-47-23-13-40(2)35-51(47)55(52(48)37-45,27-3-7-31-69(57,58)59)28-4-8-32-70(60,61)62;;;/h11-26,35-38H,3-10,27-34H2,1-2H3,(H,57,58,59)(H,60,61,62)(H,63,64,65)(H,66,67,68);;;/q;3*+1/p-4. The largest absolute Gasteiger partial charge is 1.00 e. The summed E-state index contributed by atoms with van der Waals surface area (Å²) in [5, 5.41) is 0. The molecule has 0 aliphatic heterocycles. The molecule has 2 aliphatic carbocycles. The number of hydrogen-bond acceptors (Lipinski definition) is 12. The van der Waals surface area contributed by atoms with Gasteiger partial charge in [-0.1, -0.05) is 140 Å². The quantitative estimate of drug-likeness (QED) is 0.0508. The molecule has 382 valence electrons. The van der Waals surface area contributed by atoms with Gasteiger partial charge in [-0.05, 0) is 161 Å². The molecule has 0 saturated heterocycles. The summed E-state index contributed by atoms with van der Waals surface area (Å²) in [6, 6.07) is 41.6. The Morgan fingerprint density at radius 2 is 0.533 bits per heavy atom. The van der Waals surface area contributed by atoms with Crippen LogP contribution in [-0.2, 0) is 51.3 Å². The predicted octanol–water partition coefficient (Wildman–Crippen LogP) is 1.71. The maximum absolute atomic E-state index is 11.7. The van der Waals surface area contributed by atoms with E-state index in [2.05, 4.69) is 78.9 Å². The molecule has 0 heterocycles. The first-order chi connectivity index (χ1) is 33.9. The molecule has 0 radical (unpaired) electrons.